The summed E-state index contributed by atoms with van der Waals surface area (Å²) in [6.45, 7) is 0. The van der Waals surface area contributed by atoms with E-state index in [1.54, 1.807) is 6.07 Å². The Balaban J connectivity index is 2.01. The first-order valence-corrected chi connectivity index (χ1v) is 8.95. The summed E-state index contributed by atoms with van der Waals surface area (Å²) >= 11 is 0. The lowest BCUT2D eigenvalue weighted by Crippen LogP contribution is -2.59. The van der Waals surface area contributed by atoms with Crippen molar-refractivity contribution >= 4 is 5.90 Å². The van der Waals surface area contributed by atoms with Crippen molar-refractivity contribution < 1.29 is 13.9 Å². The van der Waals surface area contributed by atoms with E-state index in [2.05, 4.69) is 6.07 Å². The SMILES string of the molecule is N#CC1(C#N)C(c2cccc(F)c2)OC23CCCCCC2C1(C#N)C(=N)O3. The fourth-order valence-corrected chi connectivity index (χ4v) is 5.01. The van der Waals surface area contributed by atoms with Crippen LogP contribution in [0.4, 0.5) is 4.39 Å². The molecule has 2 bridgehead atoms. The minimum Gasteiger partial charge on any atom is -0.447 e. The first-order valence-electron chi connectivity index (χ1n) is 8.95. The van der Waals surface area contributed by atoms with Crippen molar-refractivity contribution in [3.05, 3.63) is 35.6 Å². The highest BCUT2D eigenvalue weighted by Gasteiger charge is 2.80. The molecule has 0 aromatic heterocycles. The Kier molecular flexibility index (Phi) is 3.74. The number of benzene rings is 1. The topological polar surface area (TPSA) is 114 Å². The van der Waals surface area contributed by atoms with Gasteiger partial charge in [-0.2, -0.15) is 15.8 Å². The Labute approximate surface area is 156 Å². The summed E-state index contributed by atoms with van der Waals surface area (Å²) in [4.78, 5) is 0. The molecule has 0 radical (unpaired) electrons. The van der Waals surface area contributed by atoms with E-state index in [0.717, 1.165) is 19.3 Å². The zero-order chi connectivity index (χ0) is 19.3. The minimum absolute atomic E-state index is 0.290. The van der Waals surface area contributed by atoms with Crippen molar-refractivity contribution in [3.63, 3.8) is 0 Å². The average molecular weight is 364 g/mol. The third kappa shape index (κ3) is 1.97. The van der Waals surface area contributed by atoms with Gasteiger partial charge < -0.3 is 9.47 Å². The van der Waals surface area contributed by atoms with Crippen LogP contribution in [0.15, 0.2) is 24.3 Å². The second-order valence-corrected chi connectivity index (χ2v) is 7.40. The molecule has 1 aliphatic carbocycles. The molecule has 4 unspecified atom stereocenters. The predicted molar refractivity (Wildman–Crippen MR) is 90.0 cm³/mol. The first kappa shape index (κ1) is 17.5. The molecule has 0 spiro atoms. The van der Waals surface area contributed by atoms with Gasteiger partial charge >= 0.3 is 0 Å². The van der Waals surface area contributed by atoms with Crippen molar-refractivity contribution in [2.24, 2.45) is 16.7 Å². The van der Waals surface area contributed by atoms with Crippen LogP contribution in [-0.2, 0) is 9.47 Å². The normalized spacial score (nSPS) is 36.3. The van der Waals surface area contributed by atoms with E-state index in [4.69, 9.17) is 14.9 Å². The predicted octanol–water partition coefficient (Wildman–Crippen LogP) is 3.72. The van der Waals surface area contributed by atoms with E-state index in [1.165, 1.54) is 18.2 Å². The molecule has 4 atom stereocenters. The number of halogens is 1. The van der Waals surface area contributed by atoms with E-state index in [1.807, 2.05) is 12.1 Å². The molecule has 1 aromatic carbocycles. The van der Waals surface area contributed by atoms with Crippen LogP contribution in [0.3, 0.4) is 0 Å². The van der Waals surface area contributed by atoms with E-state index >= 15 is 0 Å². The second-order valence-electron chi connectivity index (χ2n) is 7.40. The molecule has 3 aliphatic rings. The van der Waals surface area contributed by atoms with Gasteiger partial charge in [0.05, 0.1) is 24.1 Å². The van der Waals surface area contributed by atoms with Gasteiger partial charge in [-0.25, -0.2) is 4.39 Å². The van der Waals surface area contributed by atoms with Crippen LogP contribution in [0.2, 0.25) is 0 Å². The van der Waals surface area contributed by atoms with Gasteiger partial charge in [-0.15, -0.1) is 0 Å². The summed E-state index contributed by atoms with van der Waals surface area (Å²) in [6.07, 6.45) is 2.29. The van der Waals surface area contributed by atoms with Crippen molar-refractivity contribution in [2.45, 2.75) is 44.0 Å². The van der Waals surface area contributed by atoms with Gasteiger partial charge in [0, 0.05) is 6.42 Å². The van der Waals surface area contributed by atoms with Gasteiger partial charge in [0.25, 0.3) is 0 Å². The molecule has 0 amide bonds. The number of nitrogens with one attached hydrogen (secondary N) is 1. The molecule has 4 rings (SSSR count). The van der Waals surface area contributed by atoms with Crippen LogP contribution in [0.1, 0.15) is 43.8 Å². The van der Waals surface area contributed by atoms with Crippen molar-refractivity contribution in [3.8, 4) is 18.2 Å². The van der Waals surface area contributed by atoms with Crippen LogP contribution < -0.4 is 0 Å². The molecular formula is C20H17FN4O2. The van der Waals surface area contributed by atoms with Gasteiger partial charge in [-0.3, -0.25) is 5.41 Å². The Hall–Kier alpha value is -2.95. The molecule has 2 aliphatic heterocycles. The quantitative estimate of drug-likeness (QED) is 0.815. The number of hydrogen-bond donors (Lipinski definition) is 1. The highest BCUT2D eigenvalue weighted by atomic mass is 19.1. The number of hydrogen-bond acceptors (Lipinski definition) is 6. The average Bonchev–Trinajstić information content (AvgIpc) is 2.80. The molecule has 136 valence electrons. The van der Waals surface area contributed by atoms with Gasteiger partial charge in [0.2, 0.25) is 17.1 Å². The lowest BCUT2D eigenvalue weighted by Gasteiger charge is -2.49. The molecule has 2 heterocycles. The largest absolute Gasteiger partial charge is 0.447 e. The molecular weight excluding hydrogens is 347 g/mol. The lowest BCUT2D eigenvalue weighted by atomic mass is 9.52. The fraction of sp³-hybridized carbons (Fsp3) is 0.500. The summed E-state index contributed by atoms with van der Waals surface area (Å²) < 4.78 is 26.0. The molecule has 6 nitrogen and oxygen atoms in total. The van der Waals surface area contributed by atoms with Crippen LogP contribution in [0.25, 0.3) is 0 Å². The second kappa shape index (κ2) is 5.78. The molecule has 3 fully saturated rings. The fourth-order valence-electron chi connectivity index (χ4n) is 5.01. The first-order chi connectivity index (χ1) is 13.0. The zero-order valence-corrected chi connectivity index (χ0v) is 14.5. The number of nitriles is 3. The standard InChI is InChI=1S/C20H17FN4O2/c21-14-6-4-5-13(9-14)16-18(10-22,11-23)19(12-24)15-7-2-1-3-8-20(15,26-16)27-17(19)25/h4-6,9,15-16,25H,1-3,7-8H2. The monoisotopic (exact) mass is 364 g/mol. The summed E-state index contributed by atoms with van der Waals surface area (Å²) in [6, 6.07) is 11.6. The third-order valence-electron chi connectivity index (χ3n) is 6.22. The van der Waals surface area contributed by atoms with Crippen LogP contribution in [0.5, 0.6) is 0 Å². The highest BCUT2D eigenvalue weighted by Crippen LogP contribution is 2.68. The molecule has 27 heavy (non-hydrogen) atoms. The summed E-state index contributed by atoms with van der Waals surface area (Å²) in [7, 11) is 0. The molecule has 1 aromatic rings. The summed E-state index contributed by atoms with van der Waals surface area (Å²) in [5.41, 5.74) is -3.48. The Morgan fingerprint density at radius 3 is 2.56 bits per heavy atom. The van der Waals surface area contributed by atoms with Crippen molar-refractivity contribution in [1.29, 1.82) is 21.2 Å². The molecule has 7 heteroatoms. The Morgan fingerprint density at radius 1 is 1.11 bits per heavy atom. The van der Waals surface area contributed by atoms with Crippen LogP contribution in [-0.4, -0.2) is 11.7 Å². The van der Waals surface area contributed by atoms with E-state index < -0.39 is 34.5 Å². The van der Waals surface area contributed by atoms with Gasteiger partial charge in [0.15, 0.2) is 5.41 Å². The van der Waals surface area contributed by atoms with Crippen molar-refractivity contribution in [2.75, 3.05) is 0 Å². The summed E-state index contributed by atoms with van der Waals surface area (Å²) in [5, 5.41) is 38.8. The minimum atomic E-state index is -2.01. The smallest absolute Gasteiger partial charge is 0.217 e. The maximum Gasteiger partial charge on any atom is 0.217 e. The van der Waals surface area contributed by atoms with Crippen molar-refractivity contribution in [1.82, 2.24) is 0 Å². The molecule has 2 saturated heterocycles. The van der Waals surface area contributed by atoms with Crippen LogP contribution >= 0.6 is 0 Å². The molecule has 1 N–H and O–H groups in total. The zero-order valence-electron chi connectivity index (χ0n) is 14.5. The third-order valence-corrected chi connectivity index (χ3v) is 6.22. The van der Waals surface area contributed by atoms with E-state index in [0.29, 0.717) is 12.8 Å². The van der Waals surface area contributed by atoms with E-state index in [-0.39, 0.29) is 11.5 Å². The molecule has 1 saturated carbocycles. The van der Waals surface area contributed by atoms with Gasteiger partial charge in [0.1, 0.15) is 11.9 Å². The van der Waals surface area contributed by atoms with Gasteiger partial charge in [-0.05, 0) is 30.5 Å². The lowest BCUT2D eigenvalue weighted by molar-refractivity contribution is -0.285. The Morgan fingerprint density at radius 2 is 1.89 bits per heavy atom. The number of ether oxygens (including phenoxy) is 2. The maximum atomic E-state index is 13.9. The summed E-state index contributed by atoms with van der Waals surface area (Å²) in [5.74, 6) is -2.75. The van der Waals surface area contributed by atoms with Gasteiger partial charge in [-0.1, -0.05) is 25.0 Å². The van der Waals surface area contributed by atoms with E-state index in [9.17, 15) is 20.2 Å². The maximum absolute atomic E-state index is 13.9. The number of nitrogens with zero attached hydrogens (tertiary/aromatic N) is 3. The highest BCUT2D eigenvalue weighted by molar-refractivity contribution is 5.89. The Bertz CT molecular complexity index is 929. The number of rotatable bonds is 1. The van der Waals surface area contributed by atoms with Crippen LogP contribution in [0, 0.1) is 62.0 Å².